The van der Waals surface area contributed by atoms with Crippen molar-refractivity contribution in [3.8, 4) is 11.3 Å². The molecule has 0 fully saturated rings. The van der Waals surface area contributed by atoms with Crippen LogP contribution in [0.5, 0.6) is 0 Å². The summed E-state index contributed by atoms with van der Waals surface area (Å²) < 4.78 is 2.60. The highest BCUT2D eigenvalue weighted by Crippen LogP contribution is 2.27. The number of hydrogen-bond acceptors (Lipinski definition) is 4. The van der Waals surface area contributed by atoms with Gasteiger partial charge in [-0.05, 0) is 46.9 Å². The van der Waals surface area contributed by atoms with E-state index in [-0.39, 0.29) is 11.9 Å². The van der Waals surface area contributed by atoms with Gasteiger partial charge in [0.1, 0.15) is 0 Å². The van der Waals surface area contributed by atoms with Gasteiger partial charge < -0.3 is 0 Å². The first-order valence-corrected chi connectivity index (χ1v) is 9.61. The molecule has 2 aromatic heterocycles. The first-order valence-electron chi connectivity index (χ1n) is 7.28. The van der Waals surface area contributed by atoms with Gasteiger partial charge in [-0.1, -0.05) is 35.9 Å². The fraction of sp³-hybridized carbons (Fsp3) is 0. The van der Waals surface area contributed by atoms with Crippen molar-refractivity contribution in [2.75, 3.05) is 5.32 Å². The molecule has 4 rings (SSSR count). The lowest BCUT2D eigenvalue weighted by Crippen LogP contribution is -2.14. The lowest BCUT2D eigenvalue weighted by Gasteiger charge is -2.03. The molecule has 0 radical (unpaired) electrons. The standard InChI is InChI=1S/C17H10ClIN4OS/c18-11-7-5-10(6-8-11)14-9-25-17-21-16(22-23(14)17)20-15(24)12-3-1-2-4-13(12)19/h1-9H,(H,20,22,24). The second-order valence-corrected chi connectivity index (χ2v) is 7.63. The molecule has 2 aromatic carbocycles. The van der Waals surface area contributed by atoms with Gasteiger partial charge in [0.25, 0.3) is 11.9 Å². The SMILES string of the molecule is O=C(Nc1nc2scc(-c3ccc(Cl)cc3)n2n1)c1ccccc1I. The molecule has 2 heterocycles. The van der Waals surface area contributed by atoms with Crippen molar-refractivity contribution in [3.63, 3.8) is 0 Å². The van der Waals surface area contributed by atoms with Crippen LogP contribution in [0.2, 0.25) is 5.02 Å². The van der Waals surface area contributed by atoms with E-state index < -0.39 is 0 Å². The summed E-state index contributed by atoms with van der Waals surface area (Å²) in [6.45, 7) is 0. The Labute approximate surface area is 165 Å². The molecule has 4 aromatic rings. The first kappa shape index (κ1) is 16.5. The number of thiazole rings is 1. The van der Waals surface area contributed by atoms with Gasteiger partial charge in [-0.3, -0.25) is 10.1 Å². The number of aromatic nitrogens is 3. The number of rotatable bonds is 3. The topological polar surface area (TPSA) is 59.3 Å². The Hall–Kier alpha value is -1.97. The van der Waals surface area contributed by atoms with Crippen LogP contribution in [0.25, 0.3) is 16.2 Å². The number of amides is 1. The molecule has 1 N–H and O–H groups in total. The molecular weight excluding hydrogens is 471 g/mol. The maximum atomic E-state index is 12.4. The number of benzene rings is 2. The number of nitrogens with one attached hydrogen (secondary N) is 1. The number of halogens is 2. The van der Waals surface area contributed by atoms with E-state index in [4.69, 9.17) is 11.6 Å². The molecule has 0 saturated carbocycles. The minimum absolute atomic E-state index is 0.226. The van der Waals surface area contributed by atoms with E-state index in [0.717, 1.165) is 14.8 Å². The Morgan fingerprint density at radius 2 is 1.92 bits per heavy atom. The summed E-state index contributed by atoms with van der Waals surface area (Å²) in [5.74, 6) is 0.0583. The Morgan fingerprint density at radius 1 is 1.16 bits per heavy atom. The van der Waals surface area contributed by atoms with Gasteiger partial charge in [0.05, 0.1) is 11.3 Å². The largest absolute Gasteiger partial charge is 0.289 e. The molecule has 5 nitrogen and oxygen atoms in total. The number of hydrogen-bond donors (Lipinski definition) is 1. The van der Waals surface area contributed by atoms with E-state index in [1.807, 2.05) is 47.8 Å². The lowest BCUT2D eigenvalue weighted by molar-refractivity contribution is 0.102. The van der Waals surface area contributed by atoms with Crippen LogP contribution < -0.4 is 5.32 Å². The van der Waals surface area contributed by atoms with Crippen molar-refractivity contribution >= 4 is 62.3 Å². The Kier molecular flexibility index (Phi) is 4.45. The van der Waals surface area contributed by atoms with Gasteiger partial charge in [-0.25, -0.2) is 4.52 Å². The van der Waals surface area contributed by atoms with Crippen LogP contribution in [0, 0.1) is 3.57 Å². The molecule has 25 heavy (non-hydrogen) atoms. The predicted octanol–water partition coefficient (Wildman–Crippen LogP) is 4.97. The van der Waals surface area contributed by atoms with E-state index in [1.54, 1.807) is 10.6 Å². The quantitative estimate of drug-likeness (QED) is 0.421. The van der Waals surface area contributed by atoms with Crippen molar-refractivity contribution in [1.82, 2.24) is 14.6 Å². The second-order valence-electron chi connectivity index (χ2n) is 5.19. The molecule has 1 amide bonds. The highest BCUT2D eigenvalue weighted by Gasteiger charge is 2.15. The van der Waals surface area contributed by atoms with E-state index >= 15 is 0 Å². The van der Waals surface area contributed by atoms with Crippen LogP contribution >= 0.6 is 45.5 Å². The van der Waals surface area contributed by atoms with Crippen LogP contribution in [0.1, 0.15) is 10.4 Å². The molecule has 0 unspecified atom stereocenters. The molecule has 124 valence electrons. The van der Waals surface area contributed by atoms with Gasteiger partial charge in [0, 0.05) is 19.5 Å². The molecule has 0 aliphatic heterocycles. The van der Waals surface area contributed by atoms with Crippen LogP contribution in [0.15, 0.2) is 53.9 Å². The van der Waals surface area contributed by atoms with E-state index in [9.17, 15) is 4.79 Å². The van der Waals surface area contributed by atoms with Gasteiger partial charge >= 0.3 is 0 Å². The summed E-state index contributed by atoms with van der Waals surface area (Å²) in [4.78, 5) is 17.5. The van der Waals surface area contributed by atoms with Crippen molar-refractivity contribution in [3.05, 3.63) is 68.1 Å². The first-order chi connectivity index (χ1) is 12.1. The third-order valence-corrected chi connectivity index (χ3v) is 5.57. The van der Waals surface area contributed by atoms with Gasteiger partial charge in [-0.15, -0.1) is 16.4 Å². The van der Waals surface area contributed by atoms with Crippen LogP contribution in [-0.4, -0.2) is 20.5 Å². The monoisotopic (exact) mass is 480 g/mol. The Balaban J connectivity index is 1.65. The predicted molar refractivity (Wildman–Crippen MR) is 108 cm³/mol. The van der Waals surface area contributed by atoms with Crippen molar-refractivity contribution in [2.24, 2.45) is 0 Å². The van der Waals surface area contributed by atoms with Gasteiger partial charge in [-0.2, -0.15) is 4.98 Å². The number of carbonyl (C=O) groups excluding carboxylic acids is 1. The van der Waals surface area contributed by atoms with Crippen LogP contribution in [0.4, 0.5) is 5.95 Å². The van der Waals surface area contributed by atoms with Gasteiger partial charge in [0.15, 0.2) is 0 Å². The average Bonchev–Trinajstić information content (AvgIpc) is 3.16. The fourth-order valence-electron chi connectivity index (χ4n) is 2.37. The summed E-state index contributed by atoms with van der Waals surface area (Å²) in [6, 6.07) is 14.9. The molecule has 0 atom stereocenters. The van der Waals surface area contributed by atoms with Crippen molar-refractivity contribution < 1.29 is 4.79 Å². The number of fused-ring (bicyclic) bond motifs is 1. The number of nitrogens with zero attached hydrogens (tertiary/aromatic N) is 3. The normalized spacial score (nSPS) is 11.0. The summed E-state index contributed by atoms with van der Waals surface area (Å²) in [5.41, 5.74) is 2.48. The van der Waals surface area contributed by atoms with E-state index in [0.29, 0.717) is 15.5 Å². The number of anilines is 1. The fourth-order valence-corrected chi connectivity index (χ4v) is 3.96. The minimum Gasteiger partial charge on any atom is -0.289 e. The third kappa shape index (κ3) is 3.26. The highest BCUT2D eigenvalue weighted by atomic mass is 127. The smallest absolute Gasteiger partial charge is 0.259 e. The zero-order chi connectivity index (χ0) is 17.4. The Bertz CT molecular complexity index is 1070. The van der Waals surface area contributed by atoms with Gasteiger partial charge in [0.2, 0.25) is 4.96 Å². The molecule has 0 bridgehead atoms. The second kappa shape index (κ2) is 6.74. The summed E-state index contributed by atoms with van der Waals surface area (Å²) in [5, 5.41) is 9.83. The summed E-state index contributed by atoms with van der Waals surface area (Å²) >= 11 is 9.54. The lowest BCUT2D eigenvalue weighted by atomic mass is 10.2. The zero-order valence-electron chi connectivity index (χ0n) is 12.6. The molecule has 0 spiro atoms. The highest BCUT2D eigenvalue weighted by molar-refractivity contribution is 14.1. The molecule has 8 heteroatoms. The molecule has 0 aliphatic rings. The maximum Gasteiger partial charge on any atom is 0.259 e. The molecular formula is C17H10ClIN4OS. The maximum absolute atomic E-state index is 12.4. The number of carbonyl (C=O) groups is 1. The summed E-state index contributed by atoms with van der Waals surface area (Å²) in [6.07, 6.45) is 0. The Morgan fingerprint density at radius 3 is 2.68 bits per heavy atom. The molecule has 0 aliphatic carbocycles. The average molecular weight is 481 g/mol. The third-order valence-electron chi connectivity index (χ3n) is 3.57. The molecule has 0 saturated heterocycles. The zero-order valence-corrected chi connectivity index (χ0v) is 16.3. The van der Waals surface area contributed by atoms with E-state index in [1.165, 1.54) is 11.3 Å². The minimum atomic E-state index is -0.226. The van der Waals surface area contributed by atoms with E-state index in [2.05, 4.69) is 38.0 Å². The van der Waals surface area contributed by atoms with Crippen molar-refractivity contribution in [1.29, 1.82) is 0 Å². The summed E-state index contributed by atoms with van der Waals surface area (Å²) in [7, 11) is 0. The van der Waals surface area contributed by atoms with Crippen molar-refractivity contribution in [2.45, 2.75) is 0 Å². The van der Waals surface area contributed by atoms with Crippen LogP contribution in [-0.2, 0) is 0 Å². The van der Waals surface area contributed by atoms with Crippen LogP contribution in [0.3, 0.4) is 0 Å².